The lowest BCUT2D eigenvalue weighted by Crippen LogP contribution is -2.39. The fourth-order valence-electron chi connectivity index (χ4n) is 4.02. The molecule has 0 radical (unpaired) electrons. The van der Waals surface area contributed by atoms with Crippen LogP contribution in [-0.4, -0.2) is 27.2 Å². The molecule has 5 nitrogen and oxygen atoms in total. The molecule has 0 saturated heterocycles. The zero-order valence-corrected chi connectivity index (χ0v) is 16.7. The number of pyridine rings is 1. The summed E-state index contributed by atoms with van der Waals surface area (Å²) in [5.74, 6) is 1.40. The monoisotopic (exact) mass is 374 g/mol. The molecule has 1 aromatic carbocycles. The van der Waals surface area contributed by atoms with Crippen LogP contribution in [0.2, 0.25) is 0 Å². The SMILES string of the molecule is Cc1nn2c(c1-c1ccccc1C(C)C)N(C(=O)Cc1ccccn1)CCC2. The van der Waals surface area contributed by atoms with Gasteiger partial charge in [-0.3, -0.25) is 14.7 Å². The molecule has 1 aliphatic rings. The van der Waals surface area contributed by atoms with E-state index in [2.05, 4.69) is 43.1 Å². The Bertz CT molecular complexity index is 991. The van der Waals surface area contributed by atoms with Crippen LogP contribution in [0.15, 0.2) is 48.7 Å². The summed E-state index contributed by atoms with van der Waals surface area (Å²) in [5.41, 5.74) is 5.31. The average Bonchev–Trinajstić information content (AvgIpc) is 3.04. The van der Waals surface area contributed by atoms with Gasteiger partial charge in [0.15, 0.2) is 0 Å². The van der Waals surface area contributed by atoms with E-state index in [0.717, 1.165) is 35.7 Å². The Hall–Kier alpha value is -2.95. The normalized spacial score (nSPS) is 13.6. The Morgan fingerprint density at radius 2 is 1.89 bits per heavy atom. The van der Waals surface area contributed by atoms with Crippen molar-refractivity contribution in [2.24, 2.45) is 0 Å². The first-order chi connectivity index (χ1) is 13.6. The molecule has 0 N–H and O–H groups in total. The van der Waals surface area contributed by atoms with E-state index in [1.807, 2.05) is 34.7 Å². The number of carbonyl (C=O) groups is 1. The van der Waals surface area contributed by atoms with Gasteiger partial charge in [0.05, 0.1) is 12.1 Å². The molecule has 0 fully saturated rings. The zero-order chi connectivity index (χ0) is 19.7. The fraction of sp³-hybridized carbons (Fsp3) is 0.348. The summed E-state index contributed by atoms with van der Waals surface area (Å²) in [5, 5.41) is 4.77. The fourth-order valence-corrected chi connectivity index (χ4v) is 4.02. The molecule has 28 heavy (non-hydrogen) atoms. The van der Waals surface area contributed by atoms with Gasteiger partial charge >= 0.3 is 0 Å². The van der Waals surface area contributed by atoms with Gasteiger partial charge < -0.3 is 0 Å². The van der Waals surface area contributed by atoms with Gasteiger partial charge in [-0.2, -0.15) is 5.10 Å². The van der Waals surface area contributed by atoms with Gasteiger partial charge in [0.1, 0.15) is 5.82 Å². The second-order valence-electron chi connectivity index (χ2n) is 7.65. The van der Waals surface area contributed by atoms with Gasteiger partial charge in [-0.25, -0.2) is 4.68 Å². The number of anilines is 1. The quantitative estimate of drug-likeness (QED) is 0.682. The third kappa shape index (κ3) is 3.33. The highest BCUT2D eigenvalue weighted by Crippen LogP contribution is 2.40. The van der Waals surface area contributed by atoms with E-state index in [9.17, 15) is 4.79 Å². The summed E-state index contributed by atoms with van der Waals surface area (Å²) < 4.78 is 2.00. The number of rotatable bonds is 4. The third-order valence-corrected chi connectivity index (χ3v) is 5.32. The minimum Gasteiger partial charge on any atom is -0.296 e. The number of aromatic nitrogens is 3. The van der Waals surface area contributed by atoms with Crippen LogP contribution in [0.25, 0.3) is 11.1 Å². The molecular weight excluding hydrogens is 348 g/mol. The molecule has 0 spiro atoms. The van der Waals surface area contributed by atoms with Gasteiger partial charge in [-0.15, -0.1) is 0 Å². The molecule has 5 heteroatoms. The summed E-state index contributed by atoms with van der Waals surface area (Å²) in [4.78, 5) is 19.4. The lowest BCUT2D eigenvalue weighted by atomic mass is 9.92. The molecule has 0 aliphatic carbocycles. The van der Waals surface area contributed by atoms with E-state index in [1.165, 1.54) is 11.1 Å². The Morgan fingerprint density at radius 1 is 1.11 bits per heavy atom. The molecule has 3 heterocycles. The van der Waals surface area contributed by atoms with Crippen LogP contribution in [0.1, 0.15) is 43.1 Å². The van der Waals surface area contributed by atoms with Crippen molar-refractivity contribution in [3.8, 4) is 11.1 Å². The topological polar surface area (TPSA) is 51.0 Å². The van der Waals surface area contributed by atoms with E-state index >= 15 is 0 Å². The number of nitrogens with zero attached hydrogens (tertiary/aromatic N) is 4. The second kappa shape index (κ2) is 7.58. The Labute approximate surface area is 166 Å². The summed E-state index contributed by atoms with van der Waals surface area (Å²) in [6, 6.07) is 14.2. The highest BCUT2D eigenvalue weighted by molar-refractivity contribution is 5.98. The van der Waals surface area contributed by atoms with Crippen LogP contribution in [0.5, 0.6) is 0 Å². The predicted octanol–water partition coefficient (Wildman–Crippen LogP) is 4.36. The van der Waals surface area contributed by atoms with Crippen LogP contribution >= 0.6 is 0 Å². The predicted molar refractivity (Wildman–Crippen MR) is 111 cm³/mol. The standard InChI is InChI=1S/C23H26N4O/c1-16(2)19-10-4-5-11-20(19)22-17(3)25-27-14-8-13-26(23(22)27)21(28)15-18-9-6-7-12-24-18/h4-7,9-12,16H,8,13-15H2,1-3H3. The summed E-state index contributed by atoms with van der Waals surface area (Å²) >= 11 is 0. The third-order valence-electron chi connectivity index (χ3n) is 5.32. The van der Waals surface area contributed by atoms with Crippen molar-refractivity contribution >= 4 is 11.7 Å². The maximum absolute atomic E-state index is 13.2. The summed E-state index contributed by atoms with van der Waals surface area (Å²) in [7, 11) is 0. The summed E-state index contributed by atoms with van der Waals surface area (Å²) in [6.45, 7) is 8.00. The van der Waals surface area contributed by atoms with E-state index in [1.54, 1.807) is 6.20 Å². The van der Waals surface area contributed by atoms with Crippen molar-refractivity contribution in [3.63, 3.8) is 0 Å². The van der Waals surface area contributed by atoms with E-state index < -0.39 is 0 Å². The number of aryl methyl sites for hydroxylation is 2. The van der Waals surface area contributed by atoms with Crippen LogP contribution < -0.4 is 4.90 Å². The van der Waals surface area contributed by atoms with Crippen LogP contribution in [-0.2, 0) is 17.8 Å². The second-order valence-corrected chi connectivity index (χ2v) is 7.65. The van der Waals surface area contributed by atoms with Gasteiger partial charge in [-0.05, 0) is 42.5 Å². The summed E-state index contributed by atoms with van der Waals surface area (Å²) in [6.07, 6.45) is 2.95. The molecule has 144 valence electrons. The molecule has 2 aromatic heterocycles. The highest BCUT2D eigenvalue weighted by Gasteiger charge is 2.30. The van der Waals surface area contributed by atoms with E-state index in [0.29, 0.717) is 18.9 Å². The molecular formula is C23H26N4O. The van der Waals surface area contributed by atoms with Crippen LogP contribution in [0.3, 0.4) is 0 Å². The van der Waals surface area contributed by atoms with Gasteiger partial charge in [0.25, 0.3) is 0 Å². The number of fused-ring (bicyclic) bond motifs is 1. The first-order valence-electron chi connectivity index (χ1n) is 9.93. The van der Waals surface area contributed by atoms with E-state index in [-0.39, 0.29) is 5.91 Å². The first-order valence-corrected chi connectivity index (χ1v) is 9.93. The number of carbonyl (C=O) groups excluding carboxylic acids is 1. The number of benzene rings is 1. The minimum atomic E-state index is 0.0721. The molecule has 0 saturated carbocycles. The maximum atomic E-state index is 13.2. The molecule has 0 unspecified atom stereocenters. The van der Waals surface area contributed by atoms with Crippen molar-refractivity contribution in [1.29, 1.82) is 0 Å². The van der Waals surface area contributed by atoms with Crippen LogP contribution in [0.4, 0.5) is 5.82 Å². The van der Waals surface area contributed by atoms with Crippen molar-refractivity contribution in [2.75, 3.05) is 11.4 Å². The minimum absolute atomic E-state index is 0.0721. The Morgan fingerprint density at radius 3 is 2.64 bits per heavy atom. The van der Waals surface area contributed by atoms with Crippen LogP contribution in [0, 0.1) is 6.92 Å². The maximum Gasteiger partial charge on any atom is 0.234 e. The zero-order valence-electron chi connectivity index (χ0n) is 16.7. The lowest BCUT2D eigenvalue weighted by Gasteiger charge is -2.29. The number of amides is 1. The van der Waals surface area contributed by atoms with Crippen molar-refractivity contribution in [1.82, 2.24) is 14.8 Å². The largest absolute Gasteiger partial charge is 0.296 e. The number of hydrogen-bond donors (Lipinski definition) is 0. The van der Waals surface area contributed by atoms with E-state index in [4.69, 9.17) is 5.10 Å². The Kier molecular flexibility index (Phi) is 4.99. The molecule has 4 rings (SSSR count). The number of hydrogen-bond acceptors (Lipinski definition) is 3. The highest BCUT2D eigenvalue weighted by atomic mass is 16.2. The molecule has 1 amide bonds. The molecule has 0 bridgehead atoms. The first kappa shape index (κ1) is 18.4. The molecule has 0 atom stereocenters. The average molecular weight is 374 g/mol. The molecule has 1 aliphatic heterocycles. The lowest BCUT2D eigenvalue weighted by molar-refractivity contribution is -0.118. The van der Waals surface area contributed by atoms with Gasteiger partial charge in [-0.1, -0.05) is 44.2 Å². The van der Waals surface area contributed by atoms with Crippen molar-refractivity contribution in [2.45, 2.75) is 46.1 Å². The smallest absolute Gasteiger partial charge is 0.234 e. The van der Waals surface area contributed by atoms with Gasteiger partial charge in [0.2, 0.25) is 5.91 Å². The van der Waals surface area contributed by atoms with Gasteiger partial charge in [0, 0.05) is 30.5 Å². The Balaban J connectivity index is 1.78. The molecule has 3 aromatic rings. The van der Waals surface area contributed by atoms with Crippen molar-refractivity contribution in [3.05, 3.63) is 65.6 Å². The van der Waals surface area contributed by atoms with Crippen molar-refractivity contribution < 1.29 is 4.79 Å².